The molecule has 1 fully saturated rings. The van der Waals surface area contributed by atoms with Crippen molar-refractivity contribution in [2.24, 2.45) is 5.41 Å². The number of hydrogen-bond donors (Lipinski definition) is 2. The summed E-state index contributed by atoms with van der Waals surface area (Å²) in [6.07, 6.45) is 2.29. The second-order valence-corrected chi connectivity index (χ2v) is 5.34. The van der Waals surface area contributed by atoms with Crippen molar-refractivity contribution in [2.45, 2.75) is 32.7 Å². The van der Waals surface area contributed by atoms with Crippen LogP contribution >= 0.6 is 0 Å². The van der Waals surface area contributed by atoms with E-state index in [1.807, 2.05) is 19.0 Å². The van der Waals surface area contributed by atoms with E-state index in [0.29, 0.717) is 0 Å². The minimum atomic E-state index is -0.0249. The van der Waals surface area contributed by atoms with Gasteiger partial charge in [0.1, 0.15) is 0 Å². The van der Waals surface area contributed by atoms with Gasteiger partial charge in [0, 0.05) is 20.1 Å². The molecular formula is C12H25N3O. The average Bonchev–Trinajstić information content (AvgIpc) is 2.24. The summed E-state index contributed by atoms with van der Waals surface area (Å²) in [4.78, 5) is 14.1. The van der Waals surface area contributed by atoms with Crippen LogP contribution in [-0.2, 0) is 4.79 Å². The number of carbonyl (C=O) groups excluding carboxylic acids is 1. The molecule has 94 valence electrons. The third kappa shape index (κ3) is 3.19. The molecule has 1 saturated heterocycles. The van der Waals surface area contributed by atoms with Crippen molar-refractivity contribution in [2.75, 3.05) is 33.7 Å². The zero-order valence-corrected chi connectivity index (χ0v) is 11.0. The summed E-state index contributed by atoms with van der Waals surface area (Å²) in [5, 5.41) is 6.42. The molecule has 1 atom stereocenters. The molecule has 1 rings (SSSR count). The molecule has 0 aliphatic carbocycles. The molecule has 1 aliphatic heterocycles. The molecule has 16 heavy (non-hydrogen) atoms. The number of rotatable bonds is 4. The first-order chi connectivity index (χ1) is 7.49. The quantitative estimate of drug-likeness (QED) is 0.732. The predicted octanol–water partition coefficient (Wildman–Crippen LogP) is 0.442. The Morgan fingerprint density at radius 1 is 1.56 bits per heavy atom. The maximum absolute atomic E-state index is 12.3. The molecule has 1 aliphatic rings. The minimum Gasteiger partial charge on any atom is -0.343 e. The fourth-order valence-electron chi connectivity index (χ4n) is 2.24. The van der Waals surface area contributed by atoms with Crippen LogP contribution in [0.25, 0.3) is 0 Å². The zero-order chi connectivity index (χ0) is 12.2. The van der Waals surface area contributed by atoms with E-state index in [1.54, 1.807) is 0 Å². The normalized spacial score (nSPS) is 24.1. The van der Waals surface area contributed by atoms with E-state index in [9.17, 15) is 4.79 Å². The predicted molar refractivity (Wildman–Crippen MR) is 66.4 cm³/mol. The smallest absolute Gasteiger partial charge is 0.240 e. The molecule has 4 nitrogen and oxygen atoms in total. The van der Waals surface area contributed by atoms with Crippen LogP contribution in [0.4, 0.5) is 0 Å². The monoisotopic (exact) mass is 227 g/mol. The molecule has 0 spiro atoms. The Balaban J connectivity index is 2.57. The van der Waals surface area contributed by atoms with E-state index in [4.69, 9.17) is 0 Å². The second kappa shape index (κ2) is 5.64. The number of nitrogens with one attached hydrogen (secondary N) is 2. The standard InChI is InChI=1S/C12H25N3O/c1-12(2)6-5-7-14-10(12)11(16)15(4)9-8-13-3/h10,13-14H,5-9H2,1-4H3. The number of carbonyl (C=O) groups is 1. The van der Waals surface area contributed by atoms with Crippen LogP contribution in [-0.4, -0.2) is 50.6 Å². The largest absolute Gasteiger partial charge is 0.343 e. The highest BCUT2D eigenvalue weighted by Gasteiger charge is 2.38. The maximum atomic E-state index is 12.3. The van der Waals surface area contributed by atoms with Crippen molar-refractivity contribution in [1.82, 2.24) is 15.5 Å². The first-order valence-electron chi connectivity index (χ1n) is 6.12. The molecule has 0 bridgehead atoms. The van der Waals surface area contributed by atoms with E-state index < -0.39 is 0 Å². The summed E-state index contributed by atoms with van der Waals surface area (Å²) in [7, 11) is 3.78. The van der Waals surface area contributed by atoms with E-state index in [-0.39, 0.29) is 17.4 Å². The van der Waals surface area contributed by atoms with Gasteiger partial charge in [-0.1, -0.05) is 13.8 Å². The molecule has 1 unspecified atom stereocenters. The summed E-state index contributed by atoms with van der Waals surface area (Å²) in [6, 6.07) is -0.0249. The molecule has 1 heterocycles. The van der Waals surface area contributed by atoms with Gasteiger partial charge >= 0.3 is 0 Å². The van der Waals surface area contributed by atoms with E-state index in [1.165, 1.54) is 0 Å². The Hall–Kier alpha value is -0.610. The summed E-state index contributed by atoms with van der Waals surface area (Å²) >= 11 is 0. The van der Waals surface area contributed by atoms with E-state index in [0.717, 1.165) is 32.5 Å². The molecule has 0 aromatic heterocycles. The number of hydrogen-bond acceptors (Lipinski definition) is 3. The van der Waals surface area contributed by atoms with Crippen molar-refractivity contribution in [3.63, 3.8) is 0 Å². The van der Waals surface area contributed by atoms with Crippen molar-refractivity contribution in [3.05, 3.63) is 0 Å². The molecule has 4 heteroatoms. The third-order valence-corrected chi connectivity index (χ3v) is 3.45. The van der Waals surface area contributed by atoms with Gasteiger partial charge in [-0.3, -0.25) is 4.79 Å². The number of piperidine rings is 1. The highest BCUT2D eigenvalue weighted by molar-refractivity contribution is 5.82. The maximum Gasteiger partial charge on any atom is 0.240 e. The lowest BCUT2D eigenvalue weighted by Gasteiger charge is -2.40. The summed E-state index contributed by atoms with van der Waals surface area (Å²) < 4.78 is 0. The molecule has 0 radical (unpaired) electrons. The van der Waals surface area contributed by atoms with Gasteiger partial charge in [-0.25, -0.2) is 0 Å². The van der Waals surface area contributed by atoms with Crippen LogP contribution in [0.5, 0.6) is 0 Å². The lowest BCUT2D eigenvalue weighted by molar-refractivity contribution is -0.136. The molecule has 1 amide bonds. The first kappa shape index (κ1) is 13.5. The number of likely N-dealkylation sites (N-methyl/N-ethyl adjacent to an activating group) is 2. The number of nitrogens with zero attached hydrogens (tertiary/aromatic N) is 1. The van der Waals surface area contributed by atoms with Gasteiger partial charge in [0.05, 0.1) is 6.04 Å². The van der Waals surface area contributed by atoms with Gasteiger partial charge in [0.25, 0.3) is 0 Å². The highest BCUT2D eigenvalue weighted by atomic mass is 16.2. The van der Waals surface area contributed by atoms with E-state index >= 15 is 0 Å². The third-order valence-electron chi connectivity index (χ3n) is 3.45. The fourth-order valence-corrected chi connectivity index (χ4v) is 2.24. The lowest BCUT2D eigenvalue weighted by atomic mass is 9.77. The highest BCUT2D eigenvalue weighted by Crippen LogP contribution is 2.30. The van der Waals surface area contributed by atoms with Gasteiger partial charge in [-0.2, -0.15) is 0 Å². The second-order valence-electron chi connectivity index (χ2n) is 5.34. The Morgan fingerprint density at radius 3 is 2.81 bits per heavy atom. The molecule has 0 aromatic carbocycles. The summed E-state index contributed by atoms with van der Waals surface area (Å²) in [6.45, 7) is 6.92. The van der Waals surface area contributed by atoms with Gasteiger partial charge < -0.3 is 15.5 Å². The molecule has 0 aromatic rings. The van der Waals surface area contributed by atoms with Gasteiger partial charge in [0.2, 0.25) is 5.91 Å². The van der Waals surface area contributed by atoms with Crippen LogP contribution in [0.2, 0.25) is 0 Å². The Bertz CT molecular complexity index is 240. The van der Waals surface area contributed by atoms with Crippen molar-refractivity contribution in [3.8, 4) is 0 Å². The number of amides is 1. The van der Waals surface area contributed by atoms with Crippen LogP contribution in [0.15, 0.2) is 0 Å². The molecule has 0 saturated carbocycles. The average molecular weight is 227 g/mol. The van der Waals surface area contributed by atoms with Crippen molar-refractivity contribution in [1.29, 1.82) is 0 Å². The zero-order valence-electron chi connectivity index (χ0n) is 11.0. The Labute approximate surface area is 98.8 Å². The summed E-state index contributed by atoms with van der Waals surface area (Å²) in [5.74, 6) is 0.222. The van der Waals surface area contributed by atoms with Crippen molar-refractivity contribution >= 4 is 5.91 Å². The topological polar surface area (TPSA) is 44.4 Å². The summed E-state index contributed by atoms with van der Waals surface area (Å²) in [5.41, 5.74) is 0.0727. The Kier molecular flexibility index (Phi) is 4.74. The SMILES string of the molecule is CNCCN(C)C(=O)C1NCCCC1(C)C. The molecule has 2 N–H and O–H groups in total. The van der Waals surface area contributed by atoms with Gasteiger partial charge in [-0.05, 0) is 31.8 Å². The van der Waals surface area contributed by atoms with Crippen LogP contribution in [0.1, 0.15) is 26.7 Å². The first-order valence-corrected chi connectivity index (χ1v) is 6.12. The minimum absolute atomic E-state index is 0.0249. The van der Waals surface area contributed by atoms with Crippen LogP contribution in [0.3, 0.4) is 0 Å². The fraction of sp³-hybridized carbons (Fsp3) is 0.917. The van der Waals surface area contributed by atoms with Crippen molar-refractivity contribution < 1.29 is 4.79 Å². The van der Waals surface area contributed by atoms with Crippen LogP contribution in [0, 0.1) is 5.41 Å². The van der Waals surface area contributed by atoms with Gasteiger partial charge in [-0.15, -0.1) is 0 Å². The lowest BCUT2D eigenvalue weighted by Crippen LogP contribution is -2.56. The van der Waals surface area contributed by atoms with Crippen LogP contribution < -0.4 is 10.6 Å². The van der Waals surface area contributed by atoms with Gasteiger partial charge in [0.15, 0.2) is 0 Å². The Morgan fingerprint density at radius 2 is 2.25 bits per heavy atom. The van der Waals surface area contributed by atoms with E-state index in [2.05, 4.69) is 24.5 Å². The molecular weight excluding hydrogens is 202 g/mol.